The Balaban J connectivity index is 1.96. The molecule has 8 atom stereocenters. The van der Waals surface area contributed by atoms with Gasteiger partial charge in [-0.2, -0.15) is 0 Å². The number of benzene rings is 1. The van der Waals surface area contributed by atoms with Crippen molar-refractivity contribution < 1.29 is 39.5 Å². The molecule has 1 aromatic rings. The highest BCUT2D eigenvalue weighted by Crippen LogP contribution is 2.64. The molecule has 4 N–H and O–H groups in total. The fraction of sp³-hybridized carbons (Fsp3) is 0.586. The van der Waals surface area contributed by atoms with Crippen LogP contribution in [0.2, 0.25) is 0 Å². The van der Waals surface area contributed by atoms with Gasteiger partial charge in [0.25, 0.3) is 0 Å². The van der Waals surface area contributed by atoms with Crippen LogP contribution in [0.4, 0.5) is 0 Å². The molecule has 3 aliphatic carbocycles. The number of ether oxygens (including phenoxy) is 2. The number of fused-ring (bicyclic) bond motifs is 2. The summed E-state index contributed by atoms with van der Waals surface area (Å²) in [5.74, 6) is -1.87. The van der Waals surface area contributed by atoms with Crippen molar-refractivity contribution in [1.29, 1.82) is 0 Å². The number of hydrogen-bond donors (Lipinski definition) is 4. The molecule has 37 heavy (non-hydrogen) atoms. The number of carbonyl (C=O) groups is 2. The van der Waals surface area contributed by atoms with Gasteiger partial charge in [-0.1, -0.05) is 31.7 Å². The van der Waals surface area contributed by atoms with Crippen molar-refractivity contribution in [3.63, 3.8) is 0 Å². The summed E-state index contributed by atoms with van der Waals surface area (Å²) in [5.41, 5.74) is -2.07. The quantitative estimate of drug-likeness (QED) is 0.356. The number of hydrogen-bond acceptors (Lipinski definition) is 8. The van der Waals surface area contributed by atoms with Gasteiger partial charge in [0.1, 0.15) is 18.3 Å². The standard InChI is InChI=1S/C29H38O8/c1-15-19-13-29(27(4,5)35)14-21(32)16(2)23(29)24(33)25(37-26(34)18-10-8-7-9-11-18)28(19,6)22(12-20(15)31)36-17(3)30/h7-11,19-22,24-25,31-33,35H,1,12-14H2,2-6H3/t19-,20-,21-,22-,24+,25-,28-,29-/m0/s1. The van der Waals surface area contributed by atoms with E-state index in [4.69, 9.17) is 9.47 Å². The Morgan fingerprint density at radius 3 is 2.24 bits per heavy atom. The Hall–Kier alpha value is -2.52. The molecule has 2 fully saturated rings. The molecular weight excluding hydrogens is 476 g/mol. The molecule has 0 amide bonds. The number of rotatable bonds is 4. The van der Waals surface area contributed by atoms with Crippen LogP contribution in [0.5, 0.6) is 0 Å². The summed E-state index contributed by atoms with van der Waals surface area (Å²) in [4.78, 5) is 25.5. The predicted octanol–water partition coefficient (Wildman–Crippen LogP) is 2.69. The van der Waals surface area contributed by atoms with Crippen molar-refractivity contribution in [3.8, 4) is 0 Å². The first-order valence-electron chi connectivity index (χ1n) is 12.7. The summed E-state index contributed by atoms with van der Waals surface area (Å²) in [6.45, 7) is 12.2. The predicted molar refractivity (Wildman–Crippen MR) is 135 cm³/mol. The van der Waals surface area contributed by atoms with Crippen molar-refractivity contribution >= 4 is 11.9 Å². The van der Waals surface area contributed by atoms with Crippen LogP contribution in [0.3, 0.4) is 0 Å². The summed E-state index contributed by atoms with van der Waals surface area (Å²) < 4.78 is 11.8. The van der Waals surface area contributed by atoms with Gasteiger partial charge in [-0.25, -0.2) is 4.79 Å². The molecule has 8 nitrogen and oxygen atoms in total. The molecule has 1 aromatic carbocycles. The summed E-state index contributed by atoms with van der Waals surface area (Å²) >= 11 is 0. The van der Waals surface area contributed by atoms with E-state index in [1.807, 2.05) is 0 Å². The minimum absolute atomic E-state index is 0.0215. The monoisotopic (exact) mass is 514 g/mol. The topological polar surface area (TPSA) is 134 Å². The molecule has 2 saturated carbocycles. The van der Waals surface area contributed by atoms with Gasteiger partial charge in [-0.05, 0) is 68.4 Å². The zero-order valence-corrected chi connectivity index (χ0v) is 22.1. The van der Waals surface area contributed by atoms with E-state index in [-0.39, 0.29) is 24.8 Å². The summed E-state index contributed by atoms with van der Waals surface area (Å²) in [6, 6.07) is 8.37. The summed E-state index contributed by atoms with van der Waals surface area (Å²) in [7, 11) is 0. The molecule has 0 aromatic heterocycles. The largest absolute Gasteiger partial charge is 0.462 e. The Bertz CT molecular complexity index is 1120. The van der Waals surface area contributed by atoms with Crippen LogP contribution < -0.4 is 0 Å². The first-order chi connectivity index (χ1) is 17.1. The summed E-state index contributed by atoms with van der Waals surface area (Å²) in [5, 5.41) is 45.5. The maximum Gasteiger partial charge on any atom is 0.338 e. The van der Waals surface area contributed by atoms with Crippen LogP contribution in [-0.2, 0) is 14.3 Å². The van der Waals surface area contributed by atoms with Crippen molar-refractivity contribution in [2.75, 3.05) is 0 Å². The molecule has 0 saturated heterocycles. The third-order valence-corrected chi connectivity index (χ3v) is 9.21. The molecule has 202 valence electrons. The van der Waals surface area contributed by atoms with Crippen LogP contribution >= 0.6 is 0 Å². The van der Waals surface area contributed by atoms with E-state index in [2.05, 4.69) is 6.58 Å². The van der Waals surface area contributed by atoms with Gasteiger partial charge in [0.15, 0.2) is 0 Å². The van der Waals surface area contributed by atoms with Crippen LogP contribution in [0.25, 0.3) is 0 Å². The number of carbonyl (C=O) groups excluding carboxylic acids is 2. The van der Waals surface area contributed by atoms with E-state index in [1.165, 1.54) is 6.92 Å². The molecule has 0 aliphatic heterocycles. The average Bonchev–Trinajstić information content (AvgIpc) is 3.04. The highest BCUT2D eigenvalue weighted by Gasteiger charge is 2.67. The zero-order valence-electron chi connectivity index (χ0n) is 22.1. The van der Waals surface area contributed by atoms with E-state index in [0.29, 0.717) is 16.7 Å². The van der Waals surface area contributed by atoms with Crippen LogP contribution in [0.1, 0.15) is 64.2 Å². The molecule has 0 unspecified atom stereocenters. The zero-order chi connectivity index (χ0) is 27.5. The second-order valence-electron chi connectivity index (χ2n) is 11.6. The average molecular weight is 515 g/mol. The lowest BCUT2D eigenvalue weighted by atomic mass is 9.56. The normalized spacial score (nSPS) is 37.9. The molecular formula is C29H38O8. The highest BCUT2D eigenvalue weighted by atomic mass is 16.6. The third kappa shape index (κ3) is 4.24. The maximum atomic E-state index is 13.3. The van der Waals surface area contributed by atoms with Gasteiger partial charge in [0.2, 0.25) is 0 Å². The fourth-order valence-electron chi connectivity index (χ4n) is 7.05. The number of aliphatic hydroxyl groups excluding tert-OH is 3. The minimum Gasteiger partial charge on any atom is -0.462 e. The molecule has 0 radical (unpaired) electrons. The smallest absolute Gasteiger partial charge is 0.338 e. The molecule has 0 heterocycles. The minimum atomic E-state index is -1.42. The van der Waals surface area contributed by atoms with Gasteiger partial charge in [-0.3, -0.25) is 4.79 Å². The van der Waals surface area contributed by atoms with Gasteiger partial charge < -0.3 is 29.9 Å². The molecule has 8 heteroatoms. The van der Waals surface area contributed by atoms with Crippen molar-refractivity contribution in [1.82, 2.24) is 0 Å². The maximum absolute atomic E-state index is 13.3. The second kappa shape index (κ2) is 9.34. The lowest BCUT2D eigenvalue weighted by Crippen LogP contribution is -2.59. The number of aliphatic hydroxyl groups is 4. The third-order valence-electron chi connectivity index (χ3n) is 9.21. The van der Waals surface area contributed by atoms with Gasteiger partial charge in [-0.15, -0.1) is 0 Å². The molecule has 3 aliphatic rings. The van der Waals surface area contributed by atoms with Crippen molar-refractivity contribution in [2.24, 2.45) is 16.7 Å². The van der Waals surface area contributed by atoms with Crippen LogP contribution in [-0.4, -0.2) is 68.5 Å². The molecule has 4 rings (SSSR count). The summed E-state index contributed by atoms with van der Waals surface area (Å²) in [6.07, 6.45) is -5.15. The molecule has 0 spiro atoms. The Morgan fingerprint density at radius 2 is 1.68 bits per heavy atom. The second-order valence-corrected chi connectivity index (χ2v) is 11.6. The van der Waals surface area contributed by atoms with Crippen molar-refractivity contribution in [3.05, 3.63) is 59.2 Å². The van der Waals surface area contributed by atoms with E-state index in [0.717, 1.165) is 0 Å². The SMILES string of the molecule is C=C1[C@@H](O)C[C@H](OC(C)=O)[C@]2(C)[C@H]1C[C@]1(C(C)(C)O)C[C@H](O)C(C)=C1[C@@H](O)[C@@H]2OC(=O)c1ccccc1. The van der Waals surface area contributed by atoms with Gasteiger partial charge in [0.05, 0.1) is 28.8 Å². The Kier molecular flexibility index (Phi) is 6.95. The van der Waals surface area contributed by atoms with Gasteiger partial charge in [0, 0.05) is 18.8 Å². The highest BCUT2D eigenvalue weighted by molar-refractivity contribution is 5.89. The van der Waals surface area contributed by atoms with Crippen molar-refractivity contribution in [2.45, 2.75) is 90.0 Å². The van der Waals surface area contributed by atoms with E-state index < -0.39 is 64.8 Å². The van der Waals surface area contributed by atoms with E-state index >= 15 is 0 Å². The Morgan fingerprint density at radius 1 is 1.05 bits per heavy atom. The molecule has 0 bridgehead atoms. The van der Waals surface area contributed by atoms with E-state index in [9.17, 15) is 30.0 Å². The van der Waals surface area contributed by atoms with Crippen LogP contribution in [0.15, 0.2) is 53.6 Å². The fourth-order valence-corrected chi connectivity index (χ4v) is 7.05. The lowest BCUT2D eigenvalue weighted by Gasteiger charge is -2.53. The first-order valence-corrected chi connectivity index (χ1v) is 12.7. The van der Waals surface area contributed by atoms with Crippen LogP contribution in [0, 0.1) is 16.7 Å². The van der Waals surface area contributed by atoms with E-state index in [1.54, 1.807) is 58.0 Å². The Labute approximate surface area is 217 Å². The van der Waals surface area contributed by atoms with Gasteiger partial charge >= 0.3 is 11.9 Å². The lowest BCUT2D eigenvalue weighted by molar-refractivity contribution is -0.182. The first kappa shape index (κ1) is 27.5. The number of esters is 2.